The van der Waals surface area contributed by atoms with Gasteiger partial charge in [-0.15, -0.1) is 0 Å². The molecule has 2 aromatic rings. The van der Waals surface area contributed by atoms with Crippen molar-refractivity contribution in [2.75, 3.05) is 17.2 Å². The standard InChI is InChI=1S/C22H26N2O4/c1-4-15(5-2)20(25)23-18-12-10-16(11-13-18)21(26)24-19-9-7-8-17(14-19)22(27)28-6-3/h7-15H,4-6H2,1-3H3,(H,23,25)(H,24,26). The number of hydrogen-bond acceptors (Lipinski definition) is 4. The lowest BCUT2D eigenvalue weighted by Crippen LogP contribution is -2.21. The molecule has 0 fully saturated rings. The van der Waals surface area contributed by atoms with E-state index in [4.69, 9.17) is 4.74 Å². The lowest BCUT2D eigenvalue weighted by molar-refractivity contribution is -0.120. The van der Waals surface area contributed by atoms with Gasteiger partial charge < -0.3 is 15.4 Å². The third kappa shape index (κ3) is 5.67. The second-order valence-corrected chi connectivity index (χ2v) is 6.34. The first-order chi connectivity index (χ1) is 13.5. The maximum atomic E-state index is 12.4. The third-order valence-corrected chi connectivity index (χ3v) is 4.40. The van der Waals surface area contributed by atoms with E-state index in [0.717, 1.165) is 12.8 Å². The number of ether oxygens (including phenoxy) is 1. The Kier molecular flexibility index (Phi) is 7.75. The van der Waals surface area contributed by atoms with E-state index in [1.165, 1.54) is 0 Å². The molecule has 2 N–H and O–H groups in total. The molecule has 0 heterocycles. The zero-order valence-electron chi connectivity index (χ0n) is 16.5. The van der Waals surface area contributed by atoms with Crippen molar-refractivity contribution in [3.05, 3.63) is 59.7 Å². The zero-order valence-corrected chi connectivity index (χ0v) is 16.5. The number of anilines is 2. The highest BCUT2D eigenvalue weighted by Crippen LogP contribution is 2.16. The first-order valence-electron chi connectivity index (χ1n) is 9.47. The van der Waals surface area contributed by atoms with Crippen molar-refractivity contribution in [1.82, 2.24) is 0 Å². The van der Waals surface area contributed by atoms with Gasteiger partial charge >= 0.3 is 5.97 Å². The second-order valence-electron chi connectivity index (χ2n) is 6.34. The number of nitrogens with one attached hydrogen (secondary N) is 2. The largest absolute Gasteiger partial charge is 0.462 e. The number of carbonyl (C=O) groups is 3. The quantitative estimate of drug-likeness (QED) is 0.659. The van der Waals surface area contributed by atoms with Crippen LogP contribution in [0.1, 0.15) is 54.3 Å². The summed E-state index contributed by atoms with van der Waals surface area (Å²) < 4.78 is 4.96. The number of hydrogen-bond donors (Lipinski definition) is 2. The molecule has 0 atom stereocenters. The van der Waals surface area contributed by atoms with Gasteiger partial charge in [0.2, 0.25) is 5.91 Å². The lowest BCUT2D eigenvalue weighted by Gasteiger charge is -2.13. The zero-order chi connectivity index (χ0) is 20.5. The SMILES string of the molecule is CCOC(=O)c1cccc(NC(=O)c2ccc(NC(=O)C(CC)CC)cc2)c1. The topological polar surface area (TPSA) is 84.5 Å². The van der Waals surface area contributed by atoms with Gasteiger partial charge in [-0.05, 0) is 62.2 Å². The van der Waals surface area contributed by atoms with Crippen LogP contribution in [0.2, 0.25) is 0 Å². The van der Waals surface area contributed by atoms with Gasteiger partial charge in [0.25, 0.3) is 5.91 Å². The molecule has 2 rings (SSSR count). The summed E-state index contributed by atoms with van der Waals surface area (Å²) in [6.45, 7) is 5.99. The van der Waals surface area contributed by atoms with Crippen LogP contribution in [0.15, 0.2) is 48.5 Å². The molecule has 2 amide bonds. The maximum absolute atomic E-state index is 12.4. The van der Waals surface area contributed by atoms with E-state index in [9.17, 15) is 14.4 Å². The van der Waals surface area contributed by atoms with Gasteiger partial charge in [-0.3, -0.25) is 9.59 Å². The van der Waals surface area contributed by atoms with Crippen LogP contribution >= 0.6 is 0 Å². The molecule has 0 aliphatic carbocycles. The average Bonchev–Trinajstić information content (AvgIpc) is 2.70. The van der Waals surface area contributed by atoms with Crippen LogP contribution in [-0.4, -0.2) is 24.4 Å². The van der Waals surface area contributed by atoms with Crippen LogP contribution in [-0.2, 0) is 9.53 Å². The molecule has 28 heavy (non-hydrogen) atoms. The van der Waals surface area contributed by atoms with Crippen LogP contribution < -0.4 is 10.6 Å². The molecule has 6 nitrogen and oxygen atoms in total. The van der Waals surface area contributed by atoms with Crippen molar-refractivity contribution in [3.63, 3.8) is 0 Å². The fraction of sp³-hybridized carbons (Fsp3) is 0.318. The molecule has 0 aromatic heterocycles. The molecule has 0 saturated heterocycles. The van der Waals surface area contributed by atoms with Crippen molar-refractivity contribution >= 4 is 29.2 Å². The van der Waals surface area contributed by atoms with E-state index < -0.39 is 5.97 Å². The Morgan fingerprint density at radius 3 is 2.14 bits per heavy atom. The minimum Gasteiger partial charge on any atom is -0.462 e. The summed E-state index contributed by atoms with van der Waals surface area (Å²) in [6.07, 6.45) is 1.57. The lowest BCUT2D eigenvalue weighted by atomic mass is 10.0. The Bertz CT molecular complexity index is 827. The molecular formula is C22H26N2O4. The van der Waals surface area contributed by atoms with Gasteiger partial charge in [-0.25, -0.2) is 4.79 Å². The highest BCUT2D eigenvalue weighted by Gasteiger charge is 2.14. The summed E-state index contributed by atoms with van der Waals surface area (Å²) in [5, 5.41) is 5.63. The van der Waals surface area contributed by atoms with Gasteiger partial charge in [-0.1, -0.05) is 19.9 Å². The Morgan fingerprint density at radius 1 is 0.857 bits per heavy atom. The molecular weight excluding hydrogens is 356 g/mol. The van der Waals surface area contributed by atoms with E-state index in [-0.39, 0.29) is 24.3 Å². The summed E-state index contributed by atoms with van der Waals surface area (Å²) in [5.74, 6) is -0.775. The molecule has 0 spiro atoms. The normalized spacial score (nSPS) is 10.4. The van der Waals surface area contributed by atoms with E-state index >= 15 is 0 Å². The summed E-state index contributed by atoms with van der Waals surface area (Å²) in [7, 11) is 0. The Hall–Kier alpha value is -3.15. The van der Waals surface area contributed by atoms with Crippen molar-refractivity contribution < 1.29 is 19.1 Å². The fourth-order valence-electron chi connectivity index (χ4n) is 2.75. The molecule has 0 saturated carbocycles. The smallest absolute Gasteiger partial charge is 0.338 e. The molecule has 0 aliphatic heterocycles. The Labute approximate surface area is 165 Å². The minimum absolute atomic E-state index is 0.0158. The number of benzene rings is 2. The first-order valence-corrected chi connectivity index (χ1v) is 9.47. The summed E-state index contributed by atoms with van der Waals surface area (Å²) in [4.78, 5) is 36.4. The Morgan fingerprint density at radius 2 is 1.54 bits per heavy atom. The number of esters is 1. The maximum Gasteiger partial charge on any atom is 0.338 e. The first kappa shape index (κ1) is 21.2. The van der Waals surface area contributed by atoms with Crippen molar-refractivity contribution in [3.8, 4) is 0 Å². The third-order valence-electron chi connectivity index (χ3n) is 4.40. The molecule has 2 aromatic carbocycles. The van der Waals surface area contributed by atoms with Gasteiger partial charge in [0.1, 0.15) is 0 Å². The van der Waals surface area contributed by atoms with E-state index in [0.29, 0.717) is 22.5 Å². The molecule has 0 radical (unpaired) electrons. The average molecular weight is 382 g/mol. The summed E-state index contributed by atoms with van der Waals surface area (Å²) in [5.41, 5.74) is 1.97. The van der Waals surface area contributed by atoms with Crippen molar-refractivity contribution in [1.29, 1.82) is 0 Å². The molecule has 6 heteroatoms. The minimum atomic E-state index is -0.434. The van der Waals surface area contributed by atoms with Gasteiger partial charge in [0, 0.05) is 22.9 Å². The van der Waals surface area contributed by atoms with Crippen LogP contribution in [0.25, 0.3) is 0 Å². The molecule has 0 unspecified atom stereocenters. The monoisotopic (exact) mass is 382 g/mol. The van der Waals surface area contributed by atoms with Gasteiger partial charge in [-0.2, -0.15) is 0 Å². The molecule has 0 aliphatic rings. The molecule has 148 valence electrons. The summed E-state index contributed by atoms with van der Waals surface area (Å²) >= 11 is 0. The van der Waals surface area contributed by atoms with Crippen molar-refractivity contribution in [2.24, 2.45) is 5.92 Å². The second kappa shape index (κ2) is 10.3. The number of rotatable bonds is 8. The summed E-state index contributed by atoms with van der Waals surface area (Å²) in [6, 6.07) is 13.3. The predicted octanol–water partition coefficient (Wildman–Crippen LogP) is 4.49. The van der Waals surface area contributed by atoms with E-state index in [1.807, 2.05) is 13.8 Å². The van der Waals surface area contributed by atoms with Gasteiger partial charge in [0.05, 0.1) is 12.2 Å². The van der Waals surface area contributed by atoms with Crippen LogP contribution in [0.5, 0.6) is 0 Å². The highest BCUT2D eigenvalue weighted by atomic mass is 16.5. The Balaban J connectivity index is 2.02. The number of amides is 2. The van der Waals surface area contributed by atoms with Crippen LogP contribution in [0.4, 0.5) is 11.4 Å². The van der Waals surface area contributed by atoms with E-state index in [1.54, 1.807) is 55.5 Å². The highest BCUT2D eigenvalue weighted by molar-refractivity contribution is 6.05. The predicted molar refractivity (Wildman–Crippen MR) is 109 cm³/mol. The van der Waals surface area contributed by atoms with Crippen LogP contribution in [0, 0.1) is 5.92 Å². The van der Waals surface area contributed by atoms with E-state index in [2.05, 4.69) is 10.6 Å². The molecule has 0 bridgehead atoms. The number of carbonyl (C=O) groups excluding carboxylic acids is 3. The fourth-order valence-corrected chi connectivity index (χ4v) is 2.75. The van der Waals surface area contributed by atoms with Crippen LogP contribution in [0.3, 0.4) is 0 Å². The van der Waals surface area contributed by atoms with Crippen molar-refractivity contribution in [2.45, 2.75) is 33.6 Å². The van der Waals surface area contributed by atoms with Gasteiger partial charge in [0.15, 0.2) is 0 Å².